The smallest absolute Gasteiger partial charge is 0.108 e. The summed E-state index contributed by atoms with van der Waals surface area (Å²) >= 11 is 0. The summed E-state index contributed by atoms with van der Waals surface area (Å²) in [5, 5.41) is 28.7. The van der Waals surface area contributed by atoms with Gasteiger partial charge in [0, 0.05) is 13.1 Å². The molecular formula is C14H27NO3. The third-order valence-electron chi connectivity index (χ3n) is 4.49. The van der Waals surface area contributed by atoms with E-state index >= 15 is 0 Å². The number of rotatable bonds is 4. The number of aliphatic hydroxyl groups excluding tert-OH is 3. The molecule has 2 rings (SSSR count). The van der Waals surface area contributed by atoms with E-state index in [1.165, 1.54) is 38.5 Å². The number of likely N-dealkylation sites (tertiary alicyclic amines) is 1. The Hall–Kier alpha value is -0.160. The van der Waals surface area contributed by atoms with Gasteiger partial charge in [0.2, 0.25) is 0 Å². The van der Waals surface area contributed by atoms with E-state index in [2.05, 4.69) is 4.90 Å². The summed E-state index contributed by atoms with van der Waals surface area (Å²) in [6, 6.07) is 0. The summed E-state index contributed by atoms with van der Waals surface area (Å²) < 4.78 is 0. The lowest BCUT2D eigenvalue weighted by molar-refractivity contribution is -0.110. The van der Waals surface area contributed by atoms with Crippen LogP contribution in [0.1, 0.15) is 44.9 Å². The molecule has 0 aromatic rings. The minimum atomic E-state index is -0.973. The van der Waals surface area contributed by atoms with Gasteiger partial charge in [-0.3, -0.25) is 4.90 Å². The quantitative estimate of drug-likeness (QED) is 0.695. The summed E-state index contributed by atoms with van der Waals surface area (Å²) in [5.41, 5.74) is 0. The second-order valence-corrected chi connectivity index (χ2v) is 6.03. The molecule has 1 saturated heterocycles. The fourth-order valence-electron chi connectivity index (χ4n) is 3.34. The van der Waals surface area contributed by atoms with E-state index in [1.54, 1.807) is 0 Å². The van der Waals surface area contributed by atoms with Gasteiger partial charge in [-0.05, 0) is 25.3 Å². The zero-order valence-electron chi connectivity index (χ0n) is 11.2. The molecule has 1 aliphatic carbocycles. The maximum absolute atomic E-state index is 9.61. The molecular weight excluding hydrogens is 230 g/mol. The van der Waals surface area contributed by atoms with Gasteiger partial charge in [0.05, 0.1) is 12.2 Å². The van der Waals surface area contributed by atoms with Gasteiger partial charge < -0.3 is 15.3 Å². The Bertz CT molecular complexity index is 231. The number of β-amino-alcohol motifs (C(OH)–C–C–N with tert-alkyl or cyclic N) is 2. The summed E-state index contributed by atoms with van der Waals surface area (Å²) in [6.45, 7) is 1.91. The van der Waals surface area contributed by atoms with Crippen LogP contribution in [-0.2, 0) is 0 Å². The zero-order valence-corrected chi connectivity index (χ0v) is 11.2. The summed E-state index contributed by atoms with van der Waals surface area (Å²) in [4.78, 5) is 2.07. The van der Waals surface area contributed by atoms with Crippen LogP contribution < -0.4 is 0 Å². The molecule has 1 saturated carbocycles. The van der Waals surface area contributed by atoms with Crippen molar-refractivity contribution in [2.24, 2.45) is 5.92 Å². The van der Waals surface area contributed by atoms with Gasteiger partial charge in [0.15, 0.2) is 0 Å². The van der Waals surface area contributed by atoms with Crippen LogP contribution >= 0.6 is 0 Å². The number of aliphatic hydroxyl groups is 3. The predicted molar refractivity (Wildman–Crippen MR) is 70.3 cm³/mol. The number of hydrogen-bond acceptors (Lipinski definition) is 4. The van der Waals surface area contributed by atoms with Crippen LogP contribution in [0, 0.1) is 5.92 Å². The van der Waals surface area contributed by atoms with Crippen molar-refractivity contribution in [2.45, 2.75) is 63.3 Å². The zero-order chi connectivity index (χ0) is 13.0. The third kappa shape index (κ3) is 3.92. The SMILES string of the molecule is OC1[C@H](O)CN(CCCC2CCCCC2)C[C@@H]1O. The van der Waals surface area contributed by atoms with Crippen LogP contribution in [0.5, 0.6) is 0 Å². The van der Waals surface area contributed by atoms with Crippen LogP contribution in [0.15, 0.2) is 0 Å². The van der Waals surface area contributed by atoms with Crippen LogP contribution in [0.2, 0.25) is 0 Å². The van der Waals surface area contributed by atoms with Gasteiger partial charge in [-0.25, -0.2) is 0 Å². The van der Waals surface area contributed by atoms with E-state index in [0.717, 1.165) is 18.9 Å². The molecule has 0 aromatic heterocycles. The molecule has 106 valence electrons. The highest BCUT2D eigenvalue weighted by atomic mass is 16.4. The van der Waals surface area contributed by atoms with Gasteiger partial charge in [-0.15, -0.1) is 0 Å². The Labute approximate surface area is 110 Å². The average molecular weight is 257 g/mol. The first-order chi connectivity index (χ1) is 8.66. The minimum absolute atomic E-state index is 0.489. The van der Waals surface area contributed by atoms with Crippen LogP contribution in [0.3, 0.4) is 0 Å². The standard InChI is InChI=1S/C14H27NO3/c16-12-9-15(10-13(17)14(12)18)8-4-7-11-5-2-1-3-6-11/h11-14,16-18H,1-10H2/t12-,13+,14?. The number of hydrogen-bond donors (Lipinski definition) is 3. The van der Waals surface area contributed by atoms with E-state index < -0.39 is 18.3 Å². The van der Waals surface area contributed by atoms with Crippen molar-refractivity contribution in [2.75, 3.05) is 19.6 Å². The summed E-state index contributed by atoms with van der Waals surface area (Å²) in [7, 11) is 0. The normalized spacial score (nSPS) is 35.8. The molecule has 1 unspecified atom stereocenters. The molecule has 0 radical (unpaired) electrons. The number of nitrogens with zero attached hydrogens (tertiary/aromatic N) is 1. The van der Waals surface area contributed by atoms with Crippen molar-refractivity contribution in [3.8, 4) is 0 Å². The second kappa shape index (κ2) is 6.85. The molecule has 4 nitrogen and oxygen atoms in total. The lowest BCUT2D eigenvalue weighted by Crippen LogP contribution is -2.55. The van der Waals surface area contributed by atoms with Crippen molar-refractivity contribution in [1.29, 1.82) is 0 Å². The van der Waals surface area contributed by atoms with Crippen molar-refractivity contribution in [3.63, 3.8) is 0 Å². The Morgan fingerprint density at radius 2 is 1.50 bits per heavy atom. The van der Waals surface area contributed by atoms with Crippen molar-refractivity contribution < 1.29 is 15.3 Å². The molecule has 3 N–H and O–H groups in total. The maximum atomic E-state index is 9.61. The van der Waals surface area contributed by atoms with E-state index in [0.29, 0.717) is 13.1 Å². The topological polar surface area (TPSA) is 63.9 Å². The van der Waals surface area contributed by atoms with Gasteiger partial charge in [0.25, 0.3) is 0 Å². The van der Waals surface area contributed by atoms with Gasteiger partial charge >= 0.3 is 0 Å². The molecule has 0 spiro atoms. The van der Waals surface area contributed by atoms with Gasteiger partial charge in [0.1, 0.15) is 6.10 Å². The minimum Gasteiger partial charge on any atom is -0.389 e. The van der Waals surface area contributed by atoms with Gasteiger partial charge in [-0.1, -0.05) is 32.1 Å². The number of piperidine rings is 1. The summed E-state index contributed by atoms with van der Waals surface area (Å²) in [5.74, 6) is 0.893. The van der Waals surface area contributed by atoms with E-state index in [-0.39, 0.29) is 0 Å². The third-order valence-corrected chi connectivity index (χ3v) is 4.49. The molecule has 2 fully saturated rings. The molecule has 1 heterocycles. The molecule has 18 heavy (non-hydrogen) atoms. The first kappa shape index (κ1) is 14.3. The van der Waals surface area contributed by atoms with Crippen LogP contribution in [0.25, 0.3) is 0 Å². The molecule has 0 aromatic carbocycles. The Balaban J connectivity index is 1.64. The van der Waals surface area contributed by atoms with Crippen molar-refractivity contribution in [3.05, 3.63) is 0 Å². The molecule has 0 bridgehead atoms. The van der Waals surface area contributed by atoms with Crippen molar-refractivity contribution >= 4 is 0 Å². The van der Waals surface area contributed by atoms with E-state index in [4.69, 9.17) is 0 Å². The van der Waals surface area contributed by atoms with Gasteiger partial charge in [-0.2, -0.15) is 0 Å². The fourth-order valence-corrected chi connectivity index (χ4v) is 3.34. The lowest BCUT2D eigenvalue weighted by Gasteiger charge is -2.37. The highest BCUT2D eigenvalue weighted by molar-refractivity contribution is 4.86. The van der Waals surface area contributed by atoms with Crippen LogP contribution in [0.4, 0.5) is 0 Å². The van der Waals surface area contributed by atoms with E-state index in [9.17, 15) is 15.3 Å². The lowest BCUT2D eigenvalue weighted by atomic mass is 9.86. The maximum Gasteiger partial charge on any atom is 0.108 e. The monoisotopic (exact) mass is 257 g/mol. The fraction of sp³-hybridized carbons (Fsp3) is 1.00. The highest BCUT2D eigenvalue weighted by Gasteiger charge is 2.32. The second-order valence-electron chi connectivity index (χ2n) is 6.03. The van der Waals surface area contributed by atoms with Crippen molar-refractivity contribution in [1.82, 2.24) is 4.90 Å². The first-order valence-electron chi connectivity index (χ1n) is 7.43. The summed E-state index contributed by atoms with van der Waals surface area (Å²) in [6.07, 6.45) is 6.76. The Morgan fingerprint density at radius 3 is 2.11 bits per heavy atom. The predicted octanol–water partition coefficient (Wildman–Crippen LogP) is 0.745. The molecule has 0 amide bonds. The molecule has 4 heteroatoms. The highest BCUT2D eigenvalue weighted by Crippen LogP contribution is 2.27. The Morgan fingerprint density at radius 1 is 0.889 bits per heavy atom. The largest absolute Gasteiger partial charge is 0.389 e. The molecule has 3 atom stereocenters. The van der Waals surface area contributed by atoms with E-state index in [1.807, 2.05) is 0 Å². The Kier molecular flexibility index (Phi) is 5.42. The molecule has 2 aliphatic rings. The van der Waals surface area contributed by atoms with Crippen LogP contribution in [-0.4, -0.2) is 58.2 Å². The average Bonchev–Trinajstić information content (AvgIpc) is 2.37. The molecule has 1 aliphatic heterocycles. The first-order valence-corrected chi connectivity index (χ1v) is 7.43.